The molecule has 0 aliphatic carbocycles. The molecular weight excluding hydrogens is 238 g/mol. The Kier molecular flexibility index (Phi) is 4.07. The van der Waals surface area contributed by atoms with Gasteiger partial charge in [-0.05, 0) is 19.9 Å². The molecule has 0 saturated carbocycles. The fourth-order valence-electron chi connectivity index (χ4n) is 2.73. The fourth-order valence-corrected chi connectivity index (χ4v) is 3.60. The summed E-state index contributed by atoms with van der Waals surface area (Å²) in [7, 11) is -0.826. The standard InChI is InChI=1S/C11H23N3O2S/c1-12-7-9-13(10-8-12)11-3-5-14(6-4-11)17(2,15)16/h11H,3-10H2,1-2H3. The van der Waals surface area contributed by atoms with E-state index in [4.69, 9.17) is 0 Å². The quantitative estimate of drug-likeness (QED) is 0.682. The van der Waals surface area contributed by atoms with Crippen molar-refractivity contribution in [1.82, 2.24) is 14.1 Å². The number of piperidine rings is 1. The van der Waals surface area contributed by atoms with Gasteiger partial charge in [0.2, 0.25) is 10.0 Å². The molecule has 17 heavy (non-hydrogen) atoms. The number of hydrogen-bond donors (Lipinski definition) is 0. The van der Waals surface area contributed by atoms with E-state index < -0.39 is 10.0 Å². The van der Waals surface area contributed by atoms with Crippen LogP contribution in [-0.2, 0) is 10.0 Å². The van der Waals surface area contributed by atoms with Crippen LogP contribution in [0.15, 0.2) is 0 Å². The molecule has 5 nitrogen and oxygen atoms in total. The van der Waals surface area contributed by atoms with E-state index in [0.717, 1.165) is 39.0 Å². The second-order valence-corrected chi connectivity index (χ2v) is 7.21. The highest BCUT2D eigenvalue weighted by Gasteiger charge is 2.29. The summed E-state index contributed by atoms with van der Waals surface area (Å²) in [5.41, 5.74) is 0. The number of piperazine rings is 1. The molecule has 100 valence electrons. The lowest BCUT2D eigenvalue weighted by molar-refractivity contribution is 0.0837. The van der Waals surface area contributed by atoms with E-state index in [1.54, 1.807) is 4.31 Å². The Bertz CT molecular complexity index is 342. The van der Waals surface area contributed by atoms with Crippen LogP contribution in [0.1, 0.15) is 12.8 Å². The van der Waals surface area contributed by atoms with E-state index in [2.05, 4.69) is 16.8 Å². The molecule has 6 heteroatoms. The lowest BCUT2D eigenvalue weighted by Crippen LogP contribution is -2.52. The molecule has 2 heterocycles. The maximum absolute atomic E-state index is 11.4. The average Bonchev–Trinajstić information content (AvgIpc) is 2.29. The van der Waals surface area contributed by atoms with Gasteiger partial charge in [-0.15, -0.1) is 0 Å². The highest BCUT2D eigenvalue weighted by molar-refractivity contribution is 7.88. The summed E-state index contributed by atoms with van der Waals surface area (Å²) in [6, 6.07) is 0.585. The van der Waals surface area contributed by atoms with E-state index in [1.165, 1.54) is 6.26 Å². The Hall–Kier alpha value is -0.170. The van der Waals surface area contributed by atoms with Crippen molar-refractivity contribution in [2.75, 3.05) is 52.6 Å². The zero-order valence-electron chi connectivity index (χ0n) is 10.8. The molecule has 2 rings (SSSR count). The number of hydrogen-bond acceptors (Lipinski definition) is 4. The van der Waals surface area contributed by atoms with Crippen LogP contribution in [0.4, 0.5) is 0 Å². The van der Waals surface area contributed by atoms with Crippen LogP contribution in [0, 0.1) is 0 Å². The molecule has 0 amide bonds. The van der Waals surface area contributed by atoms with Crippen LogP contribution in [-0.4, -0.2) is 81.1 Å². The first-order valence-corrected chi connectivity index (χ1v) is 8.19. The van der Waals surface area contributed by atoms with Gasteiger partial charge in [0.05, 0.1) is 6.26 Å². The van der Waals surface area contributed by atoms with E-state index in [-0.39, 0.29) is 0 Å². The molecule has 0 radical (unpaired) electrons. The topological polar surface area (TPSA) is 43.9 Å². The van der Waals surface area contributed by atoms with E-state index in [9.17, 15) is 8.42 Å². The van der Waals surface area contributed by atoms with Gasteiger partial charge in [-0.25, -0.2) is 12.7 Å². The second-order valence-electron chi connectivity index (χ2n) is 5.23. The van der Waals surface area contributed by atoms with Crippen molar-refractivity contribution in [2.24, 2.45) is 0 Å². The van der Waals surface area contributed by atoms with Gasteiger partial charge in [-0.2, -0.15) is 0 Å². The summed E-state index contributed by atoms with van der Waals surface area (Å²) in [6.45, 7) is 5.89. The molecule has 0 aromatic rings. The summed E-state index contributed by atoms with van der Waals surface area (Å²) in [5, 5.41) is 0. The van der Waals surface area contributed by atoms with Crippen molar-refractivity contribution in [3.8, 4) is 0 Å². The number of nitrogens with zero attached hydrogens (tertiary/aromatic N) is 3. The number of rotatable bonds is 2. The molecular formula is C11H23N3O2S. The Morgan fingerprint density at radius 2 is 1.47 bits per heavy atom. The second kappa shape index (κ2) is 5.22. The molecule has 0 aromatic carbocycles. The maximum Gasteiger partial charge on any atom is 0.211 e. The summed E-state index contributed by atoms with van der Waals surface area (Å²) >= 11 is 0. The van der Waals surface area contributed by atoms with Gasteiger partial charge >= 0.3 is 0 Å². The monoisotopic (exact) mass is 261 g/mol. The smallest absolute Gasteiger partial charge is 0.211 e. The first-order valence-electron chi connectivity index (χ1n) is 6.34. The third-order valence-corrected chi connectivity index (χ3v) is 5.25. The van der Waals surface area contributed by atoms with Crippen molar-refractivity contribution < 1.29 is 8.42 Å². The molecule has 0 unspecified atom stereocenters. The molecule has 0 spiro atoms. The lowest BCUT2D eigenvalue weighted by Gasteiger charge is -2.41. The van der Waals surface area contributed by atoms with Crippen LogP contribution >= 0.6 is 0 Å². The van der Waals surface area contributed by atoms with Gasteiger partial charge in [0.15, 0.2) is 0 Å². The maximum atomic E-state index is 11.4. The zero-order valence-corrected chi connectivity index (χ0v) is 11.6. The molecule has 2 fully saturated rings. The molecule has 2 aliphatic heterocycles. The first-order chi connectivity index (χ1) is 7.97. The van der Waals surface area contributed by atoms with Crippen molar-refractivity contribution in [1.29, 1.82) is 0 Å². The predicted molar refractivity (Wildman–Crippen MR) is 68.5 cm³/mol. The van der Waals surface area contributed by atoms with Gasteiger partial charge in [-0.3, -0.25) is 4.90 Å². The molecule has 0 bridgehead atoms. The van der Waals surface area contributed by atoms with E-state index in [0.29, 0.717) is 19.1 Å². The van der Waals surface area contributed by atoms with Gasteiger partial charge in [0.25, 0.3) is 0 Å². The highest BCUT2D eigenvalue weighted by atomic mass is 32.2. The fraction of sp³-hybridized carbons (Fsp3) is 1.00. The number of likely N-dealkylation sites (N-methyl/N-ethyl adjacent to an activating group) is 1. The van der Waals surface area contributed by atoms with Crippen LogP contribution in [0.3, 0.4) is 0 Å². The van der Waals surface area contributed by atoms with Crippen LogP contribution in [0.2, 0.25) is 0 Å². The highest BCUT2D eigenvalue weighted by Crippen LogP contribution is 2.19. The van der Waals surface area contributed by atoms with Gasteiger partial charge < -0.3 is 4.90 Å². The van der Waals surface area contributed by atoms with Gasteiger partial charge in [0, 0.05) is 45.3 Å². The van der Waals surface area contributed by atoms with Crippen LogP contribution in [0.25, 0.3) is 0 Å². The summed E-state index contributed by atoms with van der Waals surface area (Å²) < 4.78 is 24.4. The SMILES string of the molecule is CN1CCN(C2CCN(S(C)(=O)=O)CC2)CC1. The predicted octanol–water partition coefficient (Wildman–Crippen LogP) is -0.342. The van der Waals surface area contributed by atoms with Crippen molar-refractivity contribution in [2.45, 2.75) is 18.9 Å². The Morgan fingerprint density at radius 3 is 1.94 bits per heavy atom. The van der Waals surface area contributed by atoms with Crippen molar-refractivity contribution in [3.63, 3.8) is 0 Å². The molecule has 2 saturated heterocycles. The minimum atomic E-state index is -2.98. The number of sulfonamides is 1. The minimum Gasteiger partial charge on any atom is -0.304 e. The van der Waals surface area contributed by atoms with Gasteiger partial charge in [0.1, 0.15) is 0 Å². The van der Waals surface area contributed by atoms with E-state index in [1.807, 2.05) is 0 Å². The summed E-state index contributed by atoms with van der Waals surface area (Å²) in [4.78, 5) is 4.88. The Balaban J connectivity index is 1.83. The first kappa shape index (κ1) is 13.3. The average molecular weight is 261 g/mol. The lowest BCUT2D eigenvalue weighted by atomic mass is 10.0. The molecule has 2 aliphatic rings. The molecule has 0 aromatic heterocycles. The van der Waals surface area contributed by atoms with Crippen molar-refractivity contribution in [3.05, 3.63) is 0 Å². The molecule has 0 N–H and O–H groups in total. The third-order valence-electron chi connectivity index (χ3n) is 3.95. The van der Waals surface area contributed by atoms with Crippen LogP contribution in [0.5, 0.6) is 0 Å². The normalized spacial score (nSPS) is 27.4. The van der Waals surface area contributed by atoms with Crippen molar-refractivity contribution >= 4 is 10.0 Å². The Labute approximate surface area is 104 Å². The molecule has 0 atom stereocenters. The largest absolute Gasteiger partial charge is 0.304 e. The summed E-state index contributed by atoms with van der Waals surface area (Å²) in [6.07, 6.45) is 3.27. The van der Waals surface area contributed by atoms with E-state index >= 15 is 0 Å². The zero-order chi connectivity index (χ0) is 12.5. The summed E-state index contributed by atoms with van der Waals surface area (Å²) in [5.74, 6) is 0. The van der Waals surface area contributed by atoms with Gasteiger partial charge in [-0.1, -0.05) is 0 Å². The van der Waals surface area contributed by atoms with Crippen LogP contribution < -0.4 is 0 Å². The minimum absolute atomic E-state index is 0.585. The Morgan fingerprint density at radius 1 is 0.941 bits per heavy atom. The third kappa shape index (κ3) is 3.40.